The van der Waals surface area contributed by atoms with Gasteiger partial charge in [-0.15, -0.1) is 0 Å². The summed E-state index contributed by atoms with van der Waals surface area (Å²) in [6.07, 6.45) is 1.46. The van der Waals surface area contributed by atoms with Crippen molar-refractivity contribution in [3.05, 3.63) is 41.7 Å². The minimum absolute atomic E-state index is 0.0756. The molecule has 0 unspecified atom stereocenters. The average Bonchev–Trinajstić information content (AvgIpc) is 2.42. The summed E-state index contributed by atoms with van der Waals surface area (Å²) >= 11 is 0. The fourth-order valence-electron chi connectivity index (χ4n) is 1.42. The third-order valence-corrected chi connectivity index (χ3v) is 2.35. The van der Waals surface area contributed by atoms with Crippen molar-refractivity contribution in [2.24, 2.45) is 0 Å². The number of carboxylic acid groups (broad SMARTS) is 1. The van der Waals surface area contributed by atoms with E-state index in [0.29, 0.717) is 5.69 Å². The van der Waals surface area contributed by atoms with Crippen LogP contribution in [0.4, 0.5) is 5.82 Å². The molecule has 0 bridgehead atoms. The zero-order valence-electron chi connectivity index (χ0n) is 11.2. The summed E-state index contributed by atoms with van der Waals surface area (Å²) in [7, 11) is 0. The van der Waals surface area contributed by atoms with Crippen LogP contribution in [0.1, 0.15) is 29.9 Å². The number of nitrogen functional groups attached to an aromatic ring is 1. The van der Waals surface area contributed by atoms with Crippen molar-refractivity contribution in [3.63, 3.8) is 0 Å². The number of hydrogen-bond donors (Lipinski definition) is 2. The molecule has 0 aliphatic rings. The Morgan fingerprint density at radius 2 is 1.79 bits per heavy atom. The molecule has 2 aromatic rings. The van der Waals surface area contributed by atoms with Crippen LogP contribution >= 0.6 is 0 Å². The van der Waals surface area contributed by atoms with Gasteiger partial charge in [-0.25, -0.2) is 14.8 Å². The van der Waals surface area contributed by atoms with Gasteiger partial charge in [0.15, 0.2) is 11.5 Å². The maximum absolute atomic E-state index is 10.9. The van der Waals surface area contributed by atoms with Gasteiger partial charge < -0.3 is 10.8 Å². The van der Waals surface area contributed by atoms with Crippen LogP contribution in [0.5, 0.6) is 0 Å². The van der Waals surface area contributed by atoms with Crippen molar-refractivity contribution in [2.75, 3.05) is 5.73 Å². The topological polar surface area (TPSA) is 89.1 Å². The van der Waals surface area contributed by atoms with E-state index in [1.165, 1.54) is 6.20 Å². The quantitative estimate of drug-likeness (QED) is 0.865. The molecule has 0 radical (unpaired) electrons. The van der Waals surface area contributed by atoms with Crippen LogP contribution in [0, 0.1) is 6.92 Å². The van der Waals surface area contributed by atoms with E-state index in [-0.39, 0.29) is 11.5 Å². The molecule has 0 saturated carbocycles. The Morgan fingerprint density at radius 1 is 1.21 bits per heavy atom. The van der Waals surface area contributed by atoms with Gasteiger partial charge in [0.25, 0.3) is 0 Å². The highest BCUT2D eigenvalue weighted by molar-refractivity contribution is 5.90. The van der Waals surface area contributed by atoms with Crippen molar-refractivity contribution in [3.8, 4) is 11.3 Å². The smallest absolute Gasteiger partial charge is 0.358 e. The van der Waals surface area contributed by atoms with Crippen LogP contribution in [-0.4, -0.2) is 21.0 Å². The Hall–Kier alpha value is -2.43. The number of aromatic nitrogens is 2. The molecule has 1 aromatic carbocycles. The predicted molar refractivity (Wildman–Crippen MR) is 74.9 cm³/mol. The van der Waals surface area contributed by atoms with Crippen molar-refractivity contribution in [1.82, 2.24) is 9.97 Å². The number of aromatic carboxylic acids is 1. The molecule has 100 valence electrons. The first-order chi connectivity index (χ1) is 9.08. The monoisotopic (exact) mass is 259 g/mol. The number of aryl methyl sites for hydroxylation is 1. The van der Waals surface area contributed by atoms with Gasteiger partial charge in [0, 0.05) is 5.56 Å². The second kappa shape index (κ2) is 6.49. The standard InChI is InChI=1S/C12H11N3O2.C2H6/c1-7-2-4-8(5-3-7)9-6-14-11(13)10(15-9)12(16)17;1-2/h2-6H,1H3,(H2,13,14)(H,16,17);1-2H3. The van der Waals surface area contributed by atoms with Gasteiger partial charge >= 0.3 is 5.97 Å². The van der Waals surface area contributed by atoms with E-state index in [4.69, 9.17) is 10.8 Å². The molecule has 0 saturated heterocycles. The molecule has 0 fully saturated rings. The lowest BCUT2D eigenvalue weighted by Crippen LogP contribution is -2.08. The van der Waals surface area contributed by atoms with Crippen LogP contribution in [-0.2, 0) is 0 Å². The molecular formula is C14H17N3O2. The Morgan fingerprint density at radius 3 is 2.32 bits per heavy atom. The highest BCUT2D eigenvalue weighted by Crippen LogP contribution is 2.18. The molecule has 0 aliphatic carbocycles. The minimum atomic E-state index is -1.18. The van der Waals surface area contributed by atoms with E-state index in [1.54, 1.807) is 0 Å². The van der Waals surface area contributed by atoms with Crippen LogP contribution in [0.2, 0.25) is 0 Å². The molecule has 0 aliphatic heterocycles. The summed E-state index contributed by atoms with van der Waals surface area (Å²) in [6.45, 7) is 5.97. The molecule has 0 atom stereocenters. The summed E-state index contributed by atoms with van der Waals surface area (Å²) in [5.74, 6) is -1.25. The van der Waals surface area contributed by atoms with Gasteiger partial charge in [-0.2, -0.15) is 0 Å². The molecule has 0 amide bonds. The van der Waals surface area contributed by atoms with E-state index in [0.717, 1.165) is 11.1 Å². The maximum Gasteiger partial charge on any atom is 0.358 e. The SMILES string of the molecule is CC.Cc1ccc(-c2cnc(N)c(C(=O)O)n2)cc1. The van der Waals surface area contributed by atoms with Crippen molar-refractivity contribution < 1.29 is 9.90 Å². The van der Waals surface area contributed by atoms with Crippen molar-refractivity contribution in [2.45, 2.75) is 20.8 Å². The van der Waals surface area contributed by atoms with Crippen LogP contribution in [0.15, 0.2) is 30.5 Å². The number of nitrogens with two attached hydrogens (primary N) is 1. The lowest BCUT2D eigenvalue weighted by atomic mass is 10.1. The zero-order chi connectivity index (χ0) is 14.4. The van der Waals surface area contributed by atoms with E-state index < -0.39 is 5.97 Å². The number of rotatable bonds is 2. The highest BCUT2D eigenvalue weighted by atomic mass is 16.4. The molecule has 3 N–H and O–H groups in total. The molecular weight excluding hydrogens is 242 g/mol. The van der Waals surface area contributed by atoms with Gasteiger partial charge in [-0.1, -0.05) is 43.7 Å². The van der Waals surface area contributed by atoms with Crippen molar-refractivity contribution in [1.29, 1.82) is 0 Å². The lowest BCUT2D eigenvalue weighted by Gasteiger charge is -2.04. The Balaban J connectivity index is 0.000000861. The number of carbonyl (C=O) groups is 1. The van der Waals surface area contributed by atoms with Gasteiger partial charge in [0.1, 0.15) is 0 Å². The second-order valence-corrected chi connectivity index (χ2v) is 3.66. The van der Waals surface area contributed by atoms with Crippen LogP contribution in [0.3, 0.4) is 0 Å². The normalized spacial score (nSPS) is 9.42. The van der Waals surface area contributed by atoms with Crippen molar-refractivity contribution >= 4 is 11.8 Å². The molecule has 5 nitrogen and oxygen atoms in total. The van der Waals surface area contributed by atoms with Crippen LogP contribution in [0.25, 0.3) is 11.3 Å². The Kier molecular flexibility index (Phi) is 5.00. The minimum Gasteiger partial charge on any atom is -0.476 e. The first-order valence-electron chi connectivity index (χ1n) is 6.01. The van der Waals surface area contributed by atoms with Gasteiger partial charge in [-0.3, -0.25) is 0 Å². The number of benzene rings is 1. The summed E-state index contributed by atoms with van der Waals surface area (Å²) in [6, 6.07) is 7.57. The lowest BCUT2D eigenvalue weighted by molar-refractivity contribution is 0.0691. The molecule has 1 heterocycles. The molecule has 1 aromatic heterocycles. The fraction of sp³-hybridized carbons (Fsp3) is 0.214. The summed E-state index contributed by atoms with van der Waals surface area (Å²) in [5.41, 5.74) is 7.65. The fourth-order valence-corrected chi connectivity index (χ4v) is 1.42. The first kappa shape index (κ1) is 14.6. The first-order valence-corrected chi connectivity index (χ1v) is 6.01. The second-order valence-electron chi connectivity index (χ2n) is 3.66. The van der Waals surface area contributed by atoms with E-state index in [1.807, 2.05) is 45.0 Å². The molecule has 0 spiro atoms. The third-order valence-electron chi connectivity index (χ3n) is 2.35. The number of carboxylic acids is 1. The largest absolute Gasteiger partial charge is 0.476 e. The maximum atomic E-state index is 10.9. The number of anilines is 1. The summed E-state index contributed by atoms with van der Waals surface area (Å²) in [4.78, 5) is 18.7. The number of nitrogens with zero attached hydrogens (tertiary/aromatic N) is 2. The Bertz CT molecular complexity index is 565. The van der Waals surface area contributed by atoms with E-state index >= 15 is 0 Å². The summed E-state index contributed by atoms with van der Waals surface area (Å²) in [5, 5.41) is 8.90. The Labute approximate surface area is 112 Å². The number of hydrogen-bond acceptors (Lipinski definition) is 4. The highest BCUT2D eigenvalue weighted by Gasteiger charge is 2.12. The molecule has 2 rings (SSSR count). The van der Waals surface area contributed by atoms with Gasteiger partial charge in [-0.05, 0) is 6.92 Å². The van der Waals surface area contributed by atoms with Crippen LogP contribution < -0.4 is 5.73 Å². The van der Waals surface area contributed by atoms with Gasteiger partial charge in [0.2, 0.25) is 0 Å². The van der Waals surface area contributed by atoms with E-state index in [9.17, 15) is 4.79 Å². The average molecular weight is 259 g/mol. The molecule has 5 heteroatoms. The summed E-state index contributed by atoms with van der Waals surface area (Å²) < 4.78 is 0. The van der Waals surface area contributed by atoms with Gasteiger partial charge in [0.05, 0.1) is 11.9 Å². The zero-order valence-corrected chi connectivity index (χ0v) is 11.2. The van der Waals surface area contributed by atoms with E-state index in [2.05, 4.69) is 9.97 Å². The third kappa shape index (κ3) is 3.51. The molecule has 19 heavy (non-hydrogen) atoms. The predicted octanol–water partition coefficient (Wildman–Crippen LogP) is 2.76.